The SMILES string of the molecule is CC1=C(C)[CH]([Zr]2([CH]3C(C)=C(C)c4ccccc43)[CH2][CH2]2)c2ccccc21. The summed E-state index contributed by atoms with van der Waals surface area (Å²) in [5.41, 5.74) is 12.9. The third-order valence-electron chi connectivity index (χ3n) is 7.38. The maximum absolute atomic E-state index is 2.43. The van der Waals surface area contributed by atoms with Gasteiger partial charge in [0.15, 0.2) is 0 Å². The minimum atomic E-state index is -2.34. The first kappa shape index (κ1) is 16.0. The molecule has 0 aromatic heterocycles. The van der Waals surface area contributed by atoms with E-state index in [1.165, 1.54) is 11.1 Å². The zero-order valence-corrected chi connectivity index (χ0v) is 18.1. The zero-order valence-electron chi connectivity index (χ0n) is 15.7. The van der Waals surface area contributed by atoms with Crippen molar-refractivity contribution in [3.8, 4) is 0 Å². The van der Waals surface area contributed by atoms with Crippen LogP contribution in [0.4, 0.5) is 0 Å². The van der Waals surface area contributed by atoms with Crippen molar-refractivity contribution >= 4 is 11.1 Å². The Kier molecular flexibility index (Phi) is 3.46. The molecule has 0 spiro atoms. The van der Waals surface area contributed by atoms with Gasteiger partial charge < -0.3 is 0 Å². The van der Waals surface area contributed by atoms with Gasteiger partial charge in [0.1, 0.15) is 0 Å². The number of rotatable bonds is 2. The van der Waals surface area contributed by atoms with Crippen LogP contribution in [-0.2, 0) is 20.3 Å². The molecule has 0 saturated carbocycles. The van der Waals surface area contributed by atoms with Crippen LogP contribution in [0.5, 0.6) is 0 Å². The molecule has 126 valence electrons. The Bertz CT molecular complexity index is 880. The van der Waals surface area contributed by atoms with E-state index in [-0.39, 0.29) is 0 Å². The average Bonchev–Trinajstić information content (AvgIpc) is 3.31. The Morgan fingerprint density at radius 1 is 0.640 bits per heavy atom. The Balaban J connectivity index is 1.69. The van der Waals surface area contributed by atoms with E-state index in [1.807, 2.05) is 0 Å². The molecule has 3 aliphatic rings. The molecule has 0 bridgehead atoms. The molecule has 2 aliphatic carbocycles. The second-order valence-electron chi connectivity index (χ2n) is 8.39. The van der Waals surface area contributed by atoms with Crippen LogP contribution in [0, 0.1) is 0 Å². The van der Waals surface area contributed by atoms with Gasteiger partial charge in [-0.05, 0) is 0 Å². The van der Waals surface area contributed by atoms with Gasteiger partial charge in [0.2, 0.25) is 0 Å². The van der Waals surface area contributed by atoms with Crippen molar-refractivity contribution < 1.29 is 20.3 Å². The molecule has 1 heterocycles. The molecule has 2 aromatic rings. The second-order valence-corrected chi connectivity index (χ2v) is 19.7. The summed E-state index contributed by atoms with van der Waals surface area (Å²) in [6, 6.07) is 18.5. The number of benzene rings is 2. The normalized spacial score (nSPS) is 26.1. The first-order chi connectivity index (χ1) is 12.1. The molecule has 5 rings (SSSR count). The first-order valence-electron chi connectivity index (χ1n) is 9.59. The van der Waals surface area contributed by atoms with E-state index >= 15 is 0 Å². The number of fused-ring (bicyclic) bond motifs is 2. The van der Waals surface area contributed by atoms with Crippen molar-refractivity contribution in [1.82, 2.24) is 0 Å². The van der Waals surface area contributed by atoms with E-state index in [0.717, 1.165) is 7.25 Å². The van der Waals surface area contributed by atoms with Crippen molar-refractivity contribution in [3.63, 3.8) is 0 Å². The van der Waals surface area contributed by atoms with Gasteiger partial charge in [-0.2, -0.15) is 0 Å². The van der Waals surface area contributed by atoms with E-state index < -0.39 is 20.3 Å². The summed E-state index contributed by atoms with van der Waals surface area (Å²) in [6.45, 7) is 9.58. The van der Waals surface area contributed by atoms with Crippen LogP contribution in [-0.4, -0.2) is 0 Å². The Morgan fingerprint density at radius 2 is 1.04 bits per heavy atom. The number of hydrogen-bond donors (Lipinski definition) is 0. The van der Waals surface area contributed by atoms with Gasteiger partial charge in [-0.3, -0.25) is 0 Å². The quantitative estimate of drug-likeness (QED) is 0.500. The van der Waals surface area contributed by atoms with Crippen molar-refractivity contribution in [2.24, 2.45) is 0 Å². The van der Waals surface area contributed by atoms with E-state index in [4.69, 9.17) is 0 Å². The van der Waals surface area contributed by atoms with Crippen LogP contribution >= 0.6 is 0 Å². The molecule has 0 amide bonds. The van der Waals surface area contributed by atoms with Crippen LogP contribution in [0.25, 0.3) is 11.1 Å². The fourth-order valence-electron chi connectivity index (χ4n) is 5.87. The van der Waals surface area contributed by atoms with E-state index in [0.29, 0.717) is 0 Å². The van der Waals surface area contributed by atoms with Crippen LogP contribution in [0.1, 0.15) is 57.2 Å². The molecular weight excluding hydrogens is 379 g/mol. The molecule has 1 heteroatoms. The Morgan fingerprint density at radius 3 is 1.44 bits per heavy atom. The molecule has 1 fully saturated rings. The van der Waals surface area contributed by atoms with Crippen molar-refractivity contribution in [2.75, 3.05) is 0 Å². The molecule has 1 aliphatic heterocycles. The molecule has 2 unspecified atom stereocenters. The zero-order chi connectivity index (χ0) is 17.3. The van der Waals surface area contributed by atoms with Crippen molar-refractivity contribution in [1.29, 1.82) is 0 Å². The molecule has 0 nitrogen and oxygen atoms in total. The fourth-order valence-corrected chi connectivity index (χ4v) is 24.0. The van der Waals surface area contributed by atoms with Crippen LogP contribution in [0.15, 0.2) is 59.7 Å². The van der Waals surface area contributed by atoms with Crippen molar-refractivity contribution in [2.45, 2.75) is 43.2 Å². The van der Waals surface area contributed by atoms with Crippen molar-refractivity contribution in [3.05, 3.63) is 81.9 Å². The molecule has 2 aromatic carbocycles. The third-order valence-corrected chi connectivity index (χ3v) is 20.8. The fraction of sp³-hybridized carbons (Fsp3) is 0.333. The minimum absolute atomic E-state index is 0.796. The maximum atomic E-state index is 2.43. The summed E-state index contributed by atoms with van der Waals surface area (Å²) in [7, 11) is 0. The van der Waals surface area contributed by atoms with Gasteiger partial charge in [-0.15, -0.1) is 0 Å². The summed E-state index contributed by atoms with van der Waals surface area (Å²) in [4.78, 5) is 0. The Hall–Kier alpha value is -1.20. The van der Waals surface area contributed by atoms with Crippen LogP contribution in [0.2, 0.25) is 8.26 Å². The molecule has 25 heavy (non-hydrogen) atoms. The first-order valence-corrected chi connectivity index (χ1v) is 15.9. The summed E-state index contributed by atoms with van der Waals surface area (Å²) in [5, 5.41) is 0. The number of allylic oxidation sites excluding steroid dienone is 4. The van der Waals surface area contributed by atoms with Gasteiger partial charge in [-0.1, -0.05) is 0 Å². The molecular formula is C24H26Zr. The third kappa shape index (κ3) is 2.03. The monoisotopic (exact) mass is 404 g/mol. The topological polar surface area (TPSA) is 0 Å². The van der Waals surface area contributed by atoms with Gasteiger partial charge in [0.25, 0.3) is 0 Å². The molecule has 2 atom stereocenters. The summed E-state index contributed by atoms with van der Waals surface area (Å²) < 4.78 is 4.71. The van der Waals surface area contributed by atoms with E-state index in [1.54, 1.807) is 41.7 Å². The van der Waals surface area contributed by atoms with E-state index in [2.05, 4.69) is 76.2 Å². The van der Waals surface area contributed by atoms with E-state index in [9.17, 15) is 0 Å². The van der Waals surface area contributed by atoms with Crippen LogP contribution in [0.3, 0.4) is 0 Å². The van der Waals surface area contributed by atoms with Gasteiger partial charge in [0, 0.05) is 0 Å². The average molecular weight is 406 g/mol. The summed E-state index contributed by atoms with van der Waals surface area (Å²) in [5.74, 6) is 0. The van der Waals surface area contributed by atoms with Gasteiger partial charge in [-0.25, -0.2) is 0 Å². The Labute approximate surface area is 156 Å². The van der Waals surface area contributed by atoms with Crippen LogP contribution < -0.4 is 0 Å². The molecule has 0 radical (unpaired) electrons. The predicted molar refractivity (Wildman–Crippen MR) is 105 cm³/mol. The molecule has 0 N–H and O–H groups in total. The summed E-state index contributed by atoms with van der Waals surface area (Å²) in [6.07, 6.45) is 0. The standard InChI is InChI=1S/2C11H11.C2H4.Zr/c2*1-8-7-10-5-3-4-6-11(10)9(8)2;1-2;/h2*3-7H,1-2H3;1-2H2;. The van der Waals surface area contributed by atoms with Gasteiger partial charge in [0.05, 0.1) is 0 Å². The van der Waals surface area contributed by atoms with Gasteiger partial charge >= 0.3 is 157 Å². The molecule has 1 saturated heterocycles. The number of hydrogen-bond acceptors (Lipinski definition) is 0. The predicted octanol–water partition coefficient (Wildman–Crippen LogP) is 7.09. The summed E-state index contributed by atoms with van der Waals surface area (Å²) >= 11 is -2.34. The second kappa shape index (κ2) is 5.40.